The van der Waals surface area contributed by atoms with Gasteiger partial charge in [0, 0.05) is 18.7 Å². The first kappa shape index (κ1) is 7.97. The van der Waals surface area contributed by atoms with Gasteiger partial charge in [-0.25, -0.2) is 4.98 Å². The highest BCUT2D eigenvalue weighted by molar-refractivity contribution is 5.40. The Bertz CT molecular complexity index is 419. The molecular weight excluding hydrogens is 166 g/mol. The van der Waals surface area contributed by atoms with Gasteiger partial charge in [0.2, 0.25) is 5.95 Å². The average molecular weight is 177 g/mol. The van der Waals surface area contributed by atoms with Gasteiger partial charge < -0.3 is 5.73 Å². The van der Waals surface area contributed by atoms with Crippen LogP contribution in [-0.4, -0.2) is 19.6 Å². The molecule has 0 radical (unpaired) electrons. The van der Waals surface area contributed by atoms with Crippen molar-refractivity contribution >= 4 is 11.6 Å². The highest BCUT2D eigenvalue weighted by atomic mass is 15.3. The first-order valence-corrected chi connectivity index (χ1v) is 4.27. The molecule has 0 aliphatic heterocycles. The zero-order chi connectivity index (χ0) is 9.26. The fourth-order valence-corrected chi connectivity index (χ4v) is 1.28. The fraction of sp³-hybridized carbons (Fsp3) is 0.375. The van der Waals surface area contributed by atoms with Crippen molar-refractivity contribution in [3.8, 4) is 0 Å². The molecule has 68 valence electrons. The maximum absolute atomic E-state index is 5.48. The normalized spacial score (nSPS) is 10.8. The monoisotopic (exact) mass is 177 g/mol. The summed E-state index contributed by atoms with van der Waals surface area (Å²) in [5, 5.41) is 4.05. The van der Waals surface area contributed by atoms with Crippen molar-refractivity contribution in [2.75, 3.05) is 5.73 Å². The Hall–Kier alpha value is -1.65. The van der Waals surface area contributed by atoms with Crippen molar-refractivity contribution in [2.45, 2.75) is 19.8 Å². The van der Waals surface area contributed by atoms with Crippen molar-refractivity contribution < 1.29 is 0 Å². The van der Waals surface area contributed by atoms with Gasteiger partial charge in [0.1, 0.15) is 5.82 Å². The second-order valence-corrected chi connectivity index (χ2v) is 2.85. The number of rotatable bonds is 2. The third-order valence-electron chi connectivity index (χ3n) is 1.81. The van der Waals surface area contributed by atoms with Crippen LogP contribution in [0.15, 0.2) is 12.3 Å². The molecule has 0 aromatic carbocycles. The predicted octanol–water partition coefficient (Wildman–Crippen LogP) is 0.659. The van der Waals surface area contributed by atoms with E-state index < -0.39 is 0 Å². The molecule has 0 bridgehead atoms. The zero-order valence-corrected chi connectivity index (χ0v) is 7.44. The molecule has 2 aromatic heterocycles. The summed E-state index contributed by atoms with van der Waals surface area (Å²) in [6.07, 6.45) is 3.65. The largest absolute Gasteiger partial charge is 0.366 e. The molecule has 0 fully saturated rings. The topological polar surface area (TPSA) is 69.1 Å². The minimum absolute atomic E-state index is 0.297. The van der Waals surface area contributed by atoms with Crippen LogP contribution in [0.5, 0.6) is 0 Å². The second kappa shape index (κ2) is 3.01. The molecule has 0 amide bonds. The lowest BCUT2D eigenvalue weighted by Crippen LogP contribution is -2.01. The SMILES string of the molecule is CCCc1nccc2nc(N)nn12. The predicted molar refractivity (Wildman–Crippen MR) is 49.2 cm³/mol. The van der Waals surface area contributed by atoms with Crippen LogP contribution in [0.4, 0.5) is 5.95 Å². The van der Waals surface area contributed by atoms with Crippen LogP contribution in [0.25, 0.3) is 5.65 Å². The number of aryl methyl sites for hydroxylation is 1. The van der Waals surface area contributed by atoms with Crippen LogP contribution in [-0.2, 0) is 6.42 Å². The van der Waals surface area contributed by atoms with Crippen molar-refractivity contribution in [1.29, 1.82) is 0 Å². The van der Waals surface area contributed by atoms with Gasteiger partial charge in [0.15, 0.2) is 5.65 Å². The van der Waals surface area contributed by atoms with E-state index in [2.05, 4.69) is 22.0 Å². The molecule has 0 saturated carbocycles. The van der Waals surface area contributed by atoms with E-state index >= 15 is 0 Å². The van der Waals surface area contributed by atoms with E-state index in [9.17, 15) is 0 Å². The summed E-state index contributed by atoms with van der Waals surface area (Å²) in [4.78, 5) is 8.26. The standard InChI is InChI=1S/C8H11N5/c1-2-3-6-10-5-4-7-11-8(9)12-13(6)7/h4-5H,2-3H2,1H3,(H2,9,12). The van der Waals surface area contributed by atoms with Crippen molar-refractivity contribution in [3.05, 3.63) is 18.1 Å². The second-order valence-electron chi connectivity index (χ2n) is 2.85. The number of nitrogens with zero attached hydrogens (tertiary/aromatic N) is 4. The van der Waals surface area contributed by atoms with Crippen LogP contribution in [0, 0.1) is 0 Å². The van der Waals surface area contributed by atoms with Crippen molar-refractivity contribution in [1.82, 2.24) is 19.6 Å². The molecule has 2 rings (SSSR count). The van der Waals surface area contributed by atoms with Crippen LogP contribution >= 0.6 is 0 Å². The number of nitrogen functional groups attached to an aromatic ring is 1. The summed E-state index contributed by atoms with van der Waals surface area (Å²) in [6, 6.07) is 1.79. The summed E-state index contributed by atoms with van der Waals surface area (Å²) >= 11 is 0. The molecule has 0 unspecified atom stereocenters. The van der Waals surface area contributed by atoms with Gasteiger partial charge in [-0.3, -0.25) is 0 Å². The lowest BCUT2D eigenvalue weighted by molar-refractivity contribution is 0.763. The van der Waals surface area contributed by atoms with Crippen molar-refractivity contribution in [2.24, 2.45) is 0 Å². The van der Waals surface area contributed by atoms with Gasteiger partial charge in [-0.2, -0.15) is 9.50 Å². The number of nitrogens with two attached hydrogens (primary N) is 1. The first-order valence-electron chi connectivity index (χ1n) is 4.27. The Labute approximate surface area is 75.6 Å². The summed E-state index contributed by atoms with van der Waals surface area (Å²) in [6.45, 7) is 2.10. The fourth-order valence-electron chi connectivity index (χ4n) is 1.28. The van der Waals surface area contributed by atoms with E-state index in [1.54, 1.807) is 16.8 Å². The molecule has 0 saturated heterocycles. The smallest absolute Gasteiger partial charge is 0.240 e. The number of hydrogen-bond donors (Lipinski definition) is 1. The number of anilines is 1. The maximum Gasteiger partial charge on any atom is 0.240 e. The summed E-state index contributed by atoms with van der Waals surface area (Å²) in [5.74, 6) is 1.20. The average Bonchev–Trinajstić information content (AvgIpc) is 2.47. The Kier molecular flexibility index (Phi) is 1.84. The highest BCUT2D eigenvalue weighted by Gasteiger charge is 2.04. The zero-order valence-electron chi connectivity index (χ0n) is 7.44. The van der Waals surface area contributed by atoms with E-state index in [-0.39, 0.29) is 0 Å². The molecule has 0 spiro atoms. The molecule has 2 aromatic rings. The van der Waals surface area contributed by atoms with E-state index in [4.69, 9.17) is 5.73 Å². The summed E-state index contributed by atoms with van der Waals surface area (Å²) in [5.41, 5.74) is 6.24. The molecule has 13 heavy (non-hydrogen) atoms. The van der Waals surface area contributed by atoms with E-state index in [1.807, 2.05) is 0 Å². The Morgan fingerprint density at radius 2 is 2.38 bits per heavy atom. The molecule has 0 aliphatic carbocycles. The highest BCUT2D eigenvalue weighted by Crippen LogP contribution is 2.05. The van der Waals surface area contributed by atoms with Crippen molar-refractivity contribution in [3.63, 3.8) is 0 Å². The Balaban J connectivity index is 2.60. The molecule has 0 aliphatic rings. The lowest BCUT2D eigenvalue weighted by atomic mass is 10.3. The van der Waals surface area contributed by atoms with Crippen LogP contribution in [0.1, 0.15) is 19.2 Å². The van der Waals surface area contributed by atoms with Gasteiger partial charge in [-0.1, -0.05) is 6.92 Å². The van der Waals surface area contributed by atoms with Gasteiger partial charge in [-0.05, 0) is 6.42 Å². The Morgan fingerprint density at radius 3 is 3.15 bits per heavy atom. The summed E-state index contributed by atoms with van der Waals surface area (Å²) in [7, 11) is 0. The minimum atomic E-state index is 0.297. The van der Waals surface area contributed by atoms with Gasteiger partial charge in [-0.15, -0.1) is 5.10 Å². The van der Waals surface area contributed by atoms with E-state index in [1.165, 1.54) is 0 Å². The van der Waals surface area contributed by atoms with E-state index in [0.29, 0.717) is 5.95 Å². The first-order chi connectivity index (χ1) is 6.31. The molecular formula is C8H11N5. The quantitative estimate of drug-likeness (QED) is 0.731. The number of hydrogen-bond acceptors (Lipinski definition) is 4. The minimum Gasteiger partial charge on any atom is -0.366 e. The third kappa shape index (κ3) is 1.32. The van der Waals surface area contributed by atoms with Gasteiger partial charge >= 0.3 is 0 Å². The molecule has 5 nitrogen and oxygen atoms in total. The van der Waals surface area contributed by atoms with E-state index in [0.717, 1.165) is 24.3 Å². The summed E-state index contributed by atoms with van der Waals surface area (Å²) < 4.78 is 1.69. The Morgan fingerprint density at radius 1 is 1.54 bits per heavy atom. The van der Waals surface area contributed by atoms with Gasteiger partial charge in [0.05, 0.1) is 0 Å². The molecule has 2 heterocycles. The number of fused-ring (bicyclic) bond motifs is 1. The van der Waals surface area contributed by atoms with Gasteiger partial charge in [0.25, 0.3) is 0 Å². The maximum atomic E-state index is 5.48. The lowest BCUT2D eigenvalue weighted by Gasteiger charge is -1.98. The van der Waals surface area contributed by atoms with Crippen LogP contribution < -0.4 is 5.73 Å². The third-order valence-corrected chi connectivity index (χ3v) is 1.81. The molecule has 5 heteroatoms. The van der Waals surface area contributed by atoms with Crippen LogP contribution in [0.3, 0.4) is 0 Å². The number of aromatic nitrogens is 4. The van der Waals surface area contributed by atoms with Crippen LogP contribution in [0.2, 0.25) is 0 Å². The molecule has 0 atom stereocenters. The molecule has 2 N–H and O–H groups in total.